The summed E-state index contributed by atoms with van der Waals surface area (Å²) in [5.74, 6) is 0. The van der Waals surface area contributed by atoms with Crippen molar-refractivity contribution in [2.45, 2.75) is 84.0 Å². The van der Waals surface area contributed by atoms with Crippen LogP contribution in [0.1, 0.15) is 84.0 Å². The third-order valence-electron chi connectivity index (χ3n) is 4.91. The second-order valence-electron chi connectivity index (χ2n) is 8.20. The molecule has 0 bridgehead atoms. The van der Waals surface area contributed by atoms with Crippen molar-refractivity contribution in [1.82, 2.24) is 0 Å². The van der Waals surface area contributed by atoms with Gasteiger partial charge in [-0.2, -0.15) is 8.42 Å². The van der Waals surface area contributed by atoms with E-state index in [1.807, 2.05) is 0 Å². The third kappa shape index (κ3) is 31.7. The first-order valence-corrected chi connectivity index (χ1v) is 14.4. The summed E-state index contributed by atoms with van der Waals surface area (Å²) in [7, 11) is -4.38. The number of ether oxygens (including phenoxy) is 5. The number of hydrogen-bond donors (Lipinski definition) is 1. The quantitative estimate of drug-likeness (QED) is 0.113. The molecule has 9 nitrogen and oxygen atoms in total. The van der Waals surface area contributed by atoms with Crippen LogP contribution < -0.4 is 0 Å². The standard InChI is InChI=1S/C24H50O9S/c1-2-3-4-5-6-7-8-9-14-28-15-10-16-29-17-11-18-30-19-12-20-31-21-13-22-32-23-24-33-34(25,26)27/h2-24H2,1H3,(H,25,26,27). The van der Waals surface area contributed by atoms with Gasteiger partial charge >= 0.3 is 10.4 Å². The number of rotatable bonds is 29. The van der Waals surface area contributed by atoms with Gasteiger partial charge in [0.05, 0.1) is 13.2 Å². The maximum Gasteiger partial charge on any atom is 0.397 e. The van der Waals surface area contributed by atoms with Crippen molar-refractivity contribution in [1.29, 1.82) is 0 Å². The van der Waals surface area contributed by atoms with Crippen LogP contribution in [-0.4, -0.2) is 85.6 Å². The molecule has 206 valence electrons. The van der Waals surface area contributed by atoms with Gasteiger partial charge < -0.3 is 23.7 Å². The van der Waals surface area contributed by atoms with Crippen LogP contribution in [0.2, 0.25) is 0 Å². The van der Waals surface area contributed by atoms with E-state index in [9.17, 15) is 8.42 Å². The molecular weight excluding hydrogens is 464 g/mol. The first-order chi connectivity index (χ1) is 16.6. The van der Waals surface area contributed by atoms with Crippen LogP contribution in [0.5, 0.6) is 0 Å². The van der Waals surface area contributed by atoms with Gasteiger partial charge in [-0.1, -0.05) is 51.9 Å². The van der Waals surface area contributed by atoms with Crippen molar-refractivity contribution >= 4 is 10.4 Å². The summed E-state index contributed by atoms with van der Waals surface area (Å²) in [6.07, 6.45) is 14.0. The zero-order valence-electron chi connectivity index (χ0n) is 21.4. The Bertz CT molecular complexity index is 489. The van der Waals surface area contributed by atoms with E-state index in [-0.39, 0.29) is 13.2 Å². The fourth-order valence-corrected chi connectivity index (χ4v) is 3.38. The predicted molar refractivity (Wildman–Crippen MR) is 133 cm³/mol. The minimum Gasteiger partial charge on any atom is -0.381 e. The van der Waals surface area contributed by atoms with E-state index in [2.05, 4.69) is 11.1 Å². The van der Waals surface area contributed by atoms with Crippen LogP contribution in [0.4, 0.5) is 0 Å². The number of hydrogen-bond acceptors (Lipinski definition) is 8. The summed E-state index contributed by atoms with van der Waals surface area (Å²) in [5, 5.41) is 0. The van der Waals surface area contributed by atoms with Gasteiger partial charge in [0.2, 0.25) is 0 Å². The molecule has 0 saturated heterocycles. The van der Waals surface area contributed by atoms with Gasteiger partial charge in [-0.25, -0.2) is 4.18 Å². The molecule has 0 unspecified atom stereocenters. The number of unbranched alkanes of at least 4 members (excludes halogenated alkanes) is 7. The average molecular weight is 515 g/mol. The van der Waals surface area contributed by atoms with E-state index >= 15 is 0 Å². The molecule has 0 fully saturated rings. The molecule has 0 aromatic heterocycles. The Balaban J connectivity index is 3.04. The Morgan fingerprint density at radius 3 is 1.15 bits per heavy atom. The molecule has 0 aromatic carbocycles. The van der Waals surface area contributed by atoms with E-state index in [0.717, 1.165) is 39.1 Å². The summed E-state index contributed by atoms with van der Waals surface area (Å²) >= 11 is 0. The minimum atomic E-state index is -4.38. The Labute approximate surface area is 208 Å². The maximum absolute atomic E-state index is 10.3. The van der Waals surface area contributed by atoms with E-state index in [0.29, 0.717) is 46.1 Å². The lowest BCUT2D eigenvalue weighted by molar-refractivity contribution is 0.0459. The van der Waals surface area contributed by atoms with Gasteiger partial charge in [-0.15, -0.1) is 0 Å². The van der Waals surface area contributed by atoms with Gasteiger partial charge in [0.15, 0.2) is 0 Å². The maximum atomic E-state index is 10.3. The summed E-state index contributed by atoms with van der Waals surface area (Å²) < 4.78 is 60.6. The largest absolute Gasteiger partial charge is 0.397 e. The lowest BCUT2D eigenvalue weighted by Gasteiger charge is -2.07. The zero-order valence-corrected chi connectivity index (χ0v) is 22.2. The first kappa shape index (κ1) is 33.7. The molecule has 0 heterocycles. The van der Waals surface area contributed by atoms with Crippen molar-refractivity contribution in [3.8, 4) is 0 Å². The highest BCUT2D eigenvalue weighted by Crippen LogP contribution is 2.08. The monoisotopic (exact) mass is 514 g/mol. The van der Waals surface area contributed by atoms with Crippen LogP contribution in [0, 0.1) is 0 Å². The topological polar surface area (TPSA) is 110 Å². The molecule has 0 amide bonds. The Morgan fingerprint density at radius 2 is 0.765 bits per heavy atom. The Hall–Kier alpha value is -0.330. The molecule has 0 atom stereocenters. The van der Waals surface area contributed by atoms with Gasteiger partial charge in [0, 0.05) is 59.5 Å². The molecule has 0 aromatic rings. The van der Waals surface area contributed by atoms with E-state index in [1.54, 1.807) is 0 Å². The molecule has 0 aliphatic carbocycles. The van der Waals surface area contributed by atoms with Crippen LogP contribution in [0.3, 0.4) is 0 Å². The minimum absolute atomic E-state index is 0.102. The lowest BCUT2D eigenvalue weighted by Crippen LogP contribution is -2.11. The molecule has 10 heteroatoms. The van der Waals surface area contributed by atoms with Crippen molar-refractivity contribution in [2.75, 3.05) is 72.7 Å². The summed E-state index contributed by atoms with van der Waals surface area (Å²) in [6, 6.07) is 0. The van der Waals surface area contributed by atoms with Gasteiger partial charge in [-0.05, 0) is 32.1 Å². The fourth-order valence-electron chi connectivity index (χ4n) is 3.10. The highest BCUT2D eigenvalue weighted by Gasteiger charge is 2.02. The molecule has 34 heavy (non-hydrogen) atoms. The molecular formula is C24H50O9S. The van der Waals surface area contributed by atoms with Crippen molar-refractivity contribution < 1.29 is 40.8 Å². The highest BCUT2D eigenvalue weighted by atomic mass is 32.3. The second kappa shape index (κ2) is 27.3. The molecule has 1 N–H and O–H groups in total. The summed E-state index contributed by atoms with van der Waals surface area (Å²) in [5.41, 5.74) is 0. The molecule has 0 aliphatic heterocycles. The Kier molecular flexibility index (Phi) is 27.0. The average Bonchev–Trinajstić information content (AvgIpc) is 2.80. The van der Waals surface area contributed by atoms with E-state index in [4.69, 9.17) is 28.2 Å². The Morgan fingerprint density at radius 1 is 0.441 bits per heavy atom. The summed E-state index contributed by atoms with van der Waals surface area (Å²) in [6.45, 7) is 8.24. The van der Waals surface area contributed by atoms with Gasteiger partial charge in [0.25, 0.3) is 0 Å². The van der Waals surface area contributed by atoms with Gasteiger partial charge in [-0.3, -0.25) is 4.55 Å². The zero-order chi connectivity index (χ0) is 25.0. The van der Waals surface area contributed by atoms with E-state index < -0.39 is 10.4 Å². The first-order valence-electron chi connectivity index (χ1n) is 13.1. The fraction of sp³-hybridized carbons (Fsp3) is 1.00. The van der Waals surface area contributed by atoms with Crippen LogP contribution >= 0.6 is 0 Å². The normalized spacial score (nSPS) is 11.9. The second-order valence-corrected chi connectivity index (χ2v) is 9.29. The molecule has 0 radical (unpaired) electrons. The van der Waals surface area contributed by atoms with Gasteiger partial charge in [0.1, 0.15) is 0 Å². The van der Waals surface area contributed by atoms with Crippen LogP contribution in [-0.2, 0) is 38.3 Å². The highest BCUT2D eigenvalue weighted by molar-refractivity contribution is 7.80. The summed E-state index contributed by atoms with van der Waals surface area (Å²) in [4.78, 5) is 0. The van der Waals surface area contributed by atoms with Crippen LogP contribution in [0.25, 0.3) is 0 Å². The van der Waals surface area contributed by atoms with E-state index in [1.165, 1.54) is 51.4 Å². The molecule has 0 spiro atoms. The molecule has 0 saturated carbocycles. The van der Waals surface area contributed by atoms with Crippen molar-refractivity contribution in [3.63, 3.8) is 0 Å². The molecule has 0 rings (SSSR count). The molecule has 0 aliphatic rings. The smallest absolute Gasteiger partial charge is 0.381 e. The predicted octanol–water partition coefficient (Wildman–Crippen LogP) is 4.59. The van der Waals surface area contributed by atoms with Crippen molar-refractivity contribution in [2.24, 2.45) is 0 Å². The SMILES string of the molecule is CCCCCCCCCCOCCCOCCCOCCCOCCCOCCOS(=O)(=O)O. The van der Waals surface area contributed by atoms with Crippen molar-refractivity contribution in [3.05, 3.63) is 0 Å². The lowest BCUT2D eigenvalue weighted by atomic mass is 10.1. The van der Waals surface area contributed by atoms with Crippen LogP contribution in [0.15, 0.2) is 0 Å². The third-order valence-corrected chi connectivity index (χ3v) is 5.38.